The molecule has 0 aliphatic rings. The van der Waals surface area contributed by atoms with E-state index in [1.165, 1.54) is 0 Å². The number of rotatable bonds is 0. The SMILES string of the molecule is Oc1cccc2cccnc12.Oc1cccc2cccnc12.Oc1cccc2cccnc12.[Al].[Al]. The van der Waals surface area contributed by atoms with Gasteiger partial charge in [0, 0.05) is 69.5 Å². The minimum Gasteiger partial charge on any atom is -0.506 e. The lowest BCUT2D eigenvalue weighted by atomic mass is 10.2. The number of benzene rings is 3. The lowest BCUT2D eigenvalue weighted by Gasteiger charge is -1.96. The molecule has 3 aromatic heterocycles. The maximum absolute atomic E-state index is 9.31. The molecular formula is C27H21Al2N3O3. The largest absolute Gasteiger partial charge is 0.506 e. The zero-order valence-electron chi connectivity index (χ0n) is 18.7. The van der Waals surface area contributed by atoms with Gasteiger partial charge in [0.1, 0.15) is 33.8 Å². The summed E-state index contributed by atoms with van der Waals surface area (Å²) < 4.78 is 0. The zero-order chi connectivity index (χ0) is 23.0. The van der Waals surface area contributed by atoms with E-state index in [1.54, 1.807) is 55.0 Å². The number of hydrogen-bond donors (Lipinski definition) is 3. The minimum absolute atomic E-state index is 0. The van der Waals surface area contributed by atoms with E-state index in [0.29, 0.717) is 16.6 Å². The van der Waals surface area contributed by atoms with Crippen LogP contribution in [0.5, 0.6) is 17.2 Å². The van der Waals surface area contributed by atoms with Crippen molar-refractivity contribution in [1.82, 2.24) is 15.0 Å². The van der Waals surface area contributed by atoms with Crippen molar-refractivity contribution in [2.45, 2.75) is 0 Å². The number of para-hydroxylation sites is 3. The third kappa shape index (κ3) is 6.93. The Morgan fingerprint density at radius 1 is 0.371 bits per heavy atom. The van der Waals surface area contributed by atoms with Gasteiger partial charge in [0.05, 0.1) is 0 Å². The van der Waals surface area contributed by atoms with Gasteiger partial charge < -0.3 is 15.3 Å². The van der Waals surface area contributed by atoms with E-state index in [0.717, 1.165) is 16.2 Å². The molecule has 35 heavy (non-hydrogen) atoms. The molecule has 8 heteroatoms. The minimum atomic E-state index is 0. The zero-order valence-corrected chi connectivity index (χ0v) is 21.0. The number of hydrogen-bond acceptors (Lipinski definition) is 6. The summed E-state index contributed by atoms with van der Waals surface area (Å²) in [6.45, 7) is 0. The molecule has 6 aromatic rings. The Bertz CT molecular complexity index is 1330. The molecule has 0 spiro atoms. The predicted molar refractivity (Wildman–Crippen MR) is 142 cm³/mol. The number of nitrogens with zero attached hydrogens (tertiary/aromatic N) is 3. The van der Waals surface area contributed by atoms with Crippen LogP contribution in [0.15, 0.2) is 110 Å². The van der Waals surface area contributed by atoms with Crippen LogP contribution in [0.2, 0.25) is 0 Å². The smallest absolute Gasteiger partial charge is 0.141 e. The second-order valence-electron chi connectivity index (χ2n) is 7.06. The van der Waals surface area contributed by atoms with Crippen molar-refractivity contribution >= 4 is 67.4 Å². The van der Waals surface area contributed by atoms with E-state index < -0.39 is 0 Å². The van der Waals surface area contributed by atoms with Crippen LogP contribution in [-0.2, 0) is 0 Å². The number of phenols is 3. The van der Waals surface area contributed by atoms with E-state index >= 15 is 0 Å². The Labute approximate surface area is 223 Å². The summed E-state index contributed by atoms with van der Waals surface area (Å²) in [7, 11) is 0. The molecule has 0 saturated carbocycles. The second kappa shape index (κ2) is 13.3. The summed E-state index contributed by atoms with van der Waals surface area (Å²) in [5.41, 5.74) is 1.99. The molecule has 3 heterocycles. The van der Waals surface area contributed by atoms with Crippen LogP contribution in [0.4, 0.5) is 0 Å². The van der Waals surface area contributed by atoms with Crippen molar-refractivity contribution < 1.29 is 15.3 Å². The van der Waals surface area contributed by atoms with Gasteiger partial charge in [-0.25, -0.2) is 0 Å². The van der Waals surface area contributed by atoms with E-state index in [-0.39, 0.29) is 52.0 Å². The fourth-order valence-corrected chi connectivity index (χ4v) is 3.26. The molecule has 0 saturated heterocycles. The van der Waals surface area contributed by atoms with Crippen molar-refractivity contribution in [1.29, 1.82) is 0 Å². The summed E-state index contributed by atoms with van der Waals surface area (Å²) in [5.74, 6) is 0.717. The van der Waals surface area contributed by atoms with Crippen LogP contribution < -0.4 is 0 Å². The molecule has 6 radical (unpaired) electrons. The average molecular weight is 489 g/mol. The lowest BCUT2D eigenvalue weighted by molar-refractivity contribution is 0.480. The van der Waals surface area contributed by atoms with Crippen molar-refractivity contribution in [3.8, 4) is 17.2 Å². The first-order valence-corrected chi connectivity index (χ1v) is 10.2. The van der Waals surface area contributed by atoms with Crippen molar-refractivity contribution in [2.75, 3.05) is 0 Å². The molecule has 0 unspecified atom stereocenters. The van der Waals surface area contributed by atoms with Gasteiger partial charge in [-0.15, -0.1) is 0 Å². The second-order valence-corrected chi connectivity index (χ2v) is 7.06. The fourth-order valence-electron chi connectivity index (χ4n) is 3.26. The first-order valence-electron chi connectivity index (χ1n) is 10.2. The van der Waals surface area contributed by atoms with Gasteiger partial charge >= 0.3 is 0 Å². The first-order chi connectivity index (χ1) is 16.1. The van der Waals surface area contributed by atoms with E-state index in [4.69, 9.17) is 0 Å². The standard InChI is InChI=1S/3C9H7NO.2Al/c3*11-8-5-1-3-7-4-2-6-10-9(7)8;;/h3*1-6,11H;;. The molecule has 3 N–H and O–H groups in total. The van der Waals surface area contributed by atoms with E-state index in [1.807, 2.05) is 54.6 Å². The number of fused-ring (bicyclic) bond motifs is 3. The van der Waals surface area contributed by atoms with Gasteiger partial charge in [-0.3, -0.25) is 15.0 Å². The third-order valence-corrected chi connectivity index (χ3v) is 4.83. The van der Waals surface area contributed by atoms with Crippen LogP contribution in [0.3, 0.4) is 0 Å². The highest BCUT2D eigenvalue weighted by Crippen LogP contribution is 2.22. The monoisotopic (exact) mass is 489 g/mol. The molecule has 0 bridgehead atoms. The molecule has 168 valence electrons. The molecule has 0 fully saturated rings. The Morgan fingerprint density at radius 3 is 0.886 bits per heavy atom. The van der Waals surface area contributed by atoms with Gasteiger partial charge in [-0.1, -0.05) is 54.6 Å². The summed E-state index contributed by atoms with van der Waals surface area (Å²) in [5, 5.41) is 30.8. The van der Waals surface area contributed by atoms with Crippen molar-refractivity contribution in [3.63, 3.8) is 0 Å². The van der Waals surface area contributed by atoms with Gasteiger partial charge in [-0.2, -0.15) is 0 Å². The van der Waals surface area contributed by atoms with Crippen LogP contribution in [0.1, 0.15) is 0 Å². The third-order valence-electron chi connectivity index (χ3n) is 4.83. The molecule has 0 atom stereocenters. The molecule has 0 amide bonds. The summed E-state index contributed by atoms with van der Waals surface area (Å²) in [6.07, 6.45) is 5.01. The summed E-state index contributed by atoms with van der Waals surface area (Å²) in [6, 6.07) is 27.4. The average Bonchev–Trinajstić information content (AvgIpc) is 2.86. The van der Waals surface area contributed by atoms with Crippen molar-refractivity contribution in [3.05, 3.63) is 110 Å². The Hall–Kier alpha value is -3.65. The molecule has 6 nitrogen and oxygen atoms in total. The normalized spacial score (nSPS) is 9.60. The van der Waals surface area contributed by atoms with Gasteiger partial charge in [0.2, 0.25) is 0 Å². The number of aromatic hydroxyl groups is 3. The number of pyridine rings is 3. The highest BCUT2D eigenvalue weighted by molar-refractivity contribution is 5.85. The fraction of sp³-hybridized carbons (Fsp3) is 0. The lowest BCUT2D eigenvalue weighted by Crippen LogP contribution is -1.76. The summed E-state index contributed by atoms with van der Waals surface area (Å²) >= 11 is 0. The molecular weight excluding hydrogens is 468 g/mol. The molecule has 0 aliphatic carbocycles. The Balaban J connectivity index is 0.000000180. The highest BCUT2D eigenvalue weighted by atomic mass is 27.0. The van der Waals surface area contributed by atoms with Crippen LogP contribution in [0.25, 0.3) is 32.7 Å². The van der Waals surface area contributed by atoms with Crippen LogP contribution in [0, 0.1) is 0 Å². The van der Waals surface area contributed by atoms with Crippen LogP contribution >= 0.6 is 0 Å². The molecule has 3 aromatic carbocycles. The topological polar surface area (TPSA) is 99.4 Å². The Morgan fingerprint density at radius 2 is 0.629 bits per heavy atom. The van der Waals surface area contributed by atoms with E-state index in [9.17, 15) is 15.3 Å². The molecule has 0 aliphatic heterocycles. The summed E-state index contributed by atoms with van der Waals surface area (Å²) in [4.78, 5) is 12.1. The van der Waals surface area contributed by atoms with Gasteiger partial charge in [0.25, 0.3) is 0 Å². The van der Waals surface area contributed by atoms with Gasteiger partial charge in [-0.05, 0) is 36.4 Å². The van der Waals surface area contributed by atoms with E-state index in [2.05, 4.69) is 15.0 Å². The van der Waals surface area contributed by atoms with Gasteiger partial charge in [0.15, 0.2) is 0 Å². The van der Waals surface area contributed by atoms with Crippen LogP contribution in [-0.4, -0.2) is 65.0 Å². The Kier molecular flexibility index (Phi) is 10.5. The number of aromatic nitrogens is 3. The number of phenolic OH excluding ortho intramolecular Hbond substituents is 3. The van der Waals surface area contributed by atoms with Crippen molar-refractivity contribution in [2.24, 2.45) is 0 Å². The maximum atomic E-state index is 9.31. The first kappa shape index (κ1) is 27.6. The molecule has 6 rings (SSSR count). The predicted octanol–water partition coefficient (Wildman–Crippen LogP) is 5.06. The highest BCUT2D eigenvalue weighted by Gasteiger charge is 1.98. The maximum Gasteiger partial charge on any atom is 0.141 e. The quantitative estimate of drug-likeness (QED) is 0.258.